The lowest BCUT2D eigenvalue weighted by atomic mass is 9.83. The van der Waals surface area contributed by atoms with Crippen LogP contribution >= 0.6 is 0 Å². The quantitative estimate of drug-likeness (QED) is 0.476. The van der Waals surface area contributed by atoms with Crippen LogP contribution in [0, 0.1) is 11.8 Å². The summed E-state index contributed by atoms with van der Waals surface area (Å²) in [5, 5.41) is 11.1. The fourth-order valence-electron chi connectivity index (χ4n) is 3.33. The molecule has 1 fully saturated rings. The number of aryl methyl sites for hydroxylation is 1. The number of guanidine groups is 1. The lowest BCUT2D eigenvalue weighted by Gasteiger charge is -2.31. The van der Waals surface area contributed by atoms with E-state index in [1.165, 1.54) is 25.7 Å². The van der Waals surface area contributed by atoms with E-state index < -0.39 is 0 Å². The SMILES string of the molecule is CN=C(NCCCCn1cnnc1)N(C)CC1CCC(C)CC1. The van der Waals surface area contributed by atoms with Gasteiger partial charge < -0.3 is 14.8 Å². The Hall–Kier alpha value is -1.59. The molecule has 0 bridgehead atoms. The maximum absolute atomic E-state index is 4.42. The predicted molar refractivity (Wildman–Crippen MR) is 94.4 cm³/mol. The van der Waals surface area contributed by atoms with Gasteiger partial charge in [-0.3, -0.25) is 4.99 Å². The highest BCUT2D eigenvalue weighted by Gasteiger charge is 2.20. The van der Waals surface area contributed by atoms with Crippen LogP contribution in [0.5, 0.6) is 0 Å². The number of aromatic nitrogens is 3. The van der Waals surface area contributed by atoms with Crippen LogP contribution in [-0.4, -0.2) is 52.8 Å². The third-order valence-electron chi connectivity index (χ3n) is 4.83. The smallest absolute Gasteiger partial charge is 0.193 e. The molecule has 0 spiro atoms. The first kappa shape index (κ1) is 17.8. The Morgan fingerprint density at radius 3 is 2.57 bits per heavy atom. The van der Waals surface area contributed by atoms with Gasteiger partial charge in [0.05, 0.1) is 0 Å². The second kappa shape index (κ2) is 9.53. The minimum absolute atomic E-state index is 0.823. The van der Waals surface area contributed by atoms with E-state index in [2.05, 4.69) is 39.4 Å². The zero-order valence-corrected chi connectivity index (χ0v) is 14.9. The lowest BCUT2D eigenvalue weighted by Crippen LogP contribution is -2.42. The number of rotatable bonds is 7. The summed E-state index contributed by atoms with van der Waals surface area (Å²) < 4.78 is 2.02. The van der Waals surface area contributed by atoms with Gasteiger partial charge in [0.25, 0.3) is 0 Å². The van der Waals surface area contributed by atoms with Crippen LogP contribution in [0.2, 0.25) is 0 Å². The Morgan fingerprint density at radius 2 is 1.91 bits per heavy atom. The first-order chi connectivity index (χ1) is 11.2. The number of hydrogen-bond donors (Lipinski definition) is 1. The Kier molecular flexibility index (Phi) is 7.36. The average Bonchev–Trinajstić information content (AvgIpc) is 3.06. The minimum atomic E-state index is 0.823. The third kappa shape index (κ3) is 6.20. The molecule has 1 aliphatic rings. The number of nitrogens with zero attached hydrogens (tertiary/aromatic N) is 5. The molecule has 0 aliphatic heterocycles. The van der Waals surface area contributed by atoms with E-state index in [0.29, 0.717) is 0 Å². The summed E-state index contributed by atoms with van der Waals surface area (Å²) in [7, 11) is 4.03. The molecule has 0 amide bonds. The van der Waals surface area contributed by atoms with Gasteiger partial charge in [0, 0.05) is 33.7 Å². The molecule has 2 rings (SSSR count). The van der Waals surface area contributed by atoms with Gasteiger partial charge in [-0.05, 0) is 37.5 Å². The second-order valence-corrected chi connectivity index (χ2v) is 6.89. The molecule has 6 nitrogen and oxygen atoms in total. The van der Waals surface area contributed by atoms with Crippen LogP contribution in [0.15, 0.2) is 17.6 Å². The molecule has 1 aliphatic carbocycles. The van der Waals surface area contributed by atoms with Gasteiger partial charge in [0.15, 0.2) is 5.96 Å². The van der Waals surface area contributed by atoms with E-state index in [-0.39, 0.29) is 0 Å². The number of unbranched alkanes of at least 4 members (excludes halogenated alkanes) is 1. The molecule has 0 unspecified atom stereocenters. The molecule has 0 atom stereocenters. The molecule has 1 saturated carbocycles. The van der Waals surface area contributed by atoms with E-state index in [0.717, 1.165) is 50.3 Å². The topological polar surface area (TPSA) is 58.3 Å². The molecule has 1 heterocycles. The third-order valence-corrected chi connectivity index (χ3v) is 4.83. The van der Waals surface area contributed by atoms with Crippen molar-refractivity contribution in [2.75, 3.05) is 27.2 Å². The number of aliphatic imine (C=N–C) groups is 1. The van der Waals surface area contributed by atoms with Gasteiger partial charge in [-0.15, -0.1) is 10.2 Å². The van der Waals surface area contributed by atoms with Crippen LogP contribution in [0.25, 0.3) is 0 Å². The van der Waals surface area contributed by atoms with Crippen molar-refractivity contribution in [1.82, 2.24) is 25.0 Å². The van der Waals surface area contributed by atoms with Crippen molar-refractivity contribution >= 4 is 5.96 Å². The second-order valence-electron chi connectivity index (χ2n) is 6.89. The van der Waals surface area contributed by atoms with Crippen LogP contribution in [0.4, 0.5) is 0 Å². The summed E-state index contributed by atoms with van der Waals surface area (Å²) in [5.74, 6) is 2.76. The Bertz CT molecular complexity index is 448. The fraction of sp³-hybridized carbons (Fsp3) is 0.824. The molecule has 130 valence electrons. The van der Waals surface area contributed by atoms with Crippen LogP contribution in [-0.2, 0) is 6.54 Å². The van der Waals surface area contributed by atoms with E-state index in [1.54, 1.807) is 12.7 Å². The Labute approximate surface area is 140 Å². The zero-order chi connectivity index (χ0) is 16.5. The highest BCUT2D eigenvalue weighted by atomic mass is 15.3. The van der Waals surface area contributed by atoms with Gasteiger partial charge >= 0.3 is 0 Å². The van der Waals surface area contributed by atoms with Crippen molar-refractivity contribution in [2.24, 2.45) is 16.8 Å². The van der Waals surface area contributed by atoms with E-state index in [1.807, 2.05) is 11.6 Å². The average molecular weight is 320 g/mol. The normalized spacial score (nSPS) is 22.1. The highest BCUT2D eigenvalue weighted by molar-refractivity contribution is 5.79. The largest absolute Gasteiger partial charge is 0.356 e. The number of hydrogen-bond acceptors (Lipinski definition) is 3. The van der Waals surface area contributed by atoms with Crippen molar-refractivity contribution in [3.63, 3.8) is 0 Å². The molecule has 0 saturated heterocycles. The van der Waals surface area contributed by atoms with Crippen molar-refractivity contribution in [1.29, 1.82) is 0 Å². The van der Waals surface area contributed by atoms with Crippen LogP contribution < -0.4 is 5.32 Å². The maximum Gasteiger partial charge on any atom is 0.193 e. The van der Waals surface area contributed by atoms with Crippen LogP contribution in [0.3, 0.4) is 0 Å². The summed E-state index contributed by atoms with van der Waals surface area (Å²) in [6.45, 7) is 5.43. The summed E-state index contributed by atoms with van der Waals surface area (Å²) in [6.07, 6.45) is 11.3. The molecule has 0 radical (unpaired) electrons. The van der Waals surface area contributed by atoms with Crippen molar-refractivity contribution < 1.29 is 0 Å². The summed E-state index contributed by atoms with van der Waals surface area (Å²) >= 11 is 0. The summed E-state index contributed by atoms with van der Waals surface area (Å²) in [5.41, 5.74) is 0. The fourth-order valence-corrected chi connectivity index (χ4v) is 3.33. The molecule has 1 N–H and O–H groups in total. The Balaban J connectivity index is 1.61. The molecule has 23 heavy (non-hydrogen) atoms. The number of nitrogens with one attached hydrogen (secondary N) is 1. The maximum atomic E-state index is 4.42. The first-order valence-corrected chi connectivity index (χ1v) is 8.93. The monoisotopic (exact) mass is 320 g/mol. The lowest BCUT2D eigenvalue weighted by molar-refractivity contribution is 0.250. The van der Waals surface area contributed by atoms with Crippen LogP contribution in [0.1, 0.15) is 45.4 Å². The van der Waals surface area contributed by atoms with Gasteiger partial charge in [0.1, 0.15) is 12.7 Å². The van der Waals surface area contributed by atoms with Gasteiger partial charge in [-0.1, -0.05) is 19.8 Å². The summed E-state index contributed by atoms with van der Waals surface area (Å²) in [4.78, 5) is 6.71. The first-order valence-electron chi connectivity index (χ1n) is 8.93. The van der Waals surface area contributed by atoms with Gasteiger partial charge in [-0.25, -0.2) is 0 Å². The van der Waals surface area contributed by atoms with Crippen molar-refractivity contribution in [3.8, 4) is 0 Å². The standard InChI is InChI=1S/C17H32N6/c1-15-6-8-16(9-7-15)12-22(3)17(18-2)19-10-4-5-11-23-13-20-21-14-23/h13-16H,4-12H2,1-3H3,(H,18,19). The molecule has 0 aromatic carbocycles. The highest BCUT2D eigenvalue weighted by Crippen LogP contribution is 2.28. The molecule has 6 heteroatoms. The zero-order valence-electron chi connectivity index (χ0n) is 14.9. The molecule has 1 aromatic heterocycles. The summed E-state index contributed by atoms with van der Waals surface area (Å²) in [6, 6.07) is 0. The Morgan fingerprint density at radius 1 is 1.22 bits per heavy atom. The van der Waals surface area contributed by atoms with Crippen molar-refractivity contribution in [2.45, 2.75) is 52.0 Å². The van der Waals surface area contributed by atoms with Gasteiger partial charge in [-0.2, -0.15) is 0 Å². The molecule has 1 aromatic rings. The minimum Gasteiger partial charge on any atom is -0.356 e. The molecular formula is C17H32N6. The molecular weight excluding hydrogens is 288 g/mol. The predicted octanol–water partition coefficient (Wildman–Crippen LogP) is 2.39. The van der Waals surface area contributed by atoms with Crippen molar-refractivity contribution in [3.05, 3.63) is 12.7 Å². The van der Waals surface area contributed by atoms with E-state index in [4.69, 9.17) is 0 Å². The van der Waals surface area contributed by atoms with E-state index >= 15 is 0 Å². The van der Waals surface area contributed by atoms with Gasteiger partial charge in [0.2, 0.25) is 0 Å². The van der Waals surface area contributed by atoms with E-state index in [9.17, 15) is 0 Å².